The third-order valence-electron chi connectivity index (χ3n) is 6.98. The zero-order valence-electron chi connectivity index (χ0n) is 19.9. The molecule has 2 fully saturated rings. The van der Waals surface area contributed by atoms with Crippen molar-refractivity contribution in [1.29, 1.82) is 0 Å². The van der Waals surface area contributed by atoms with Crippen LogP contribution < -0.4 is 9.47 Å². The average molecular weight is 461 g/mol. The minimum absolute atomic E-state index is 0.0289. The predicted molar refractivity (Wildman–Crippen MR) is 131 cm³/mol. The van der Waals surface area contributed by atoms with E-state index in [1.807, 2.05) is 41.4 Å². The summed E-state index contributed by atoms with van der Waals surface area (Å²) in [5.41, 5.74) is 3.61. The fraction of sp³-hybridized carbons (Fsp3) is 0.407. The van der Waals surface area contributed by atoms with Crippen LogP contribution in [0.5, 0.6) is 11.5 Å². The normalized spacial score (nSPS) is 19.4. The summed E-state index contributed by atoms with van der Waals surface area (Å²) in [4.78, 5) is 17.9. The number of carbonyl (C=O) groups excluding carboxylic acids is 1. The quantitative estimate of drug-likeness (QED) is 0.585. The molecule has 1 N–H and O–H groups in total. The van der Waals surface area contributed by atoms with E-state index in [4.69, 9.17) is 9.47 Å². The van der Waals surface area contributed by atoms with Gasteiger partial charge in [0.15, 0.2) is 0 Å². The molecule has 5 rings (SSSR count). The number of aromatic amines is 1. The molecular formula is C27H32N4O3. The van der Waals surface area contributed by atoms with Crippen LogP contribution in [0.25, 0.3) is 11.1 Å². The number of amides is 1. The molecule has 0 spiro atoms. The molecule has 7 heteroatoms. The van der Waals surface area contributed by atoms with Gasteiger partial charge in [-0.3, -0.25) is 9.89 Å². The number of nitrogens with zero attached hydrogens (tertiary/aromatic N) is 3. The molecule has 178 valence electrons. The molecule has 0 saturated carbocycles. The Labute approximate surface area is 200 Å². The van der Waals surface area contributed by atoms with Crippen LogP contribution in [0.1, 0.15) is 47.6 Å². The van der Waals surface area contributed by atoms with Gasteiger partial charge in [-0.15, -0.1) is 0 Å². The van der Waals surface area contributed by atoms with E-state index in [0.29, 0.717) is 11.3 Å². The van der Waals surface area contributed by atoms with Gasteiger partial charge in [-0.2, -0.15) is 5.10 Å². The molecule has 34 heavy (non-hydrogen) atoms. The van der Waals surface area contributed by atoms with Crippen LogP contribution in [-0.4, -0.2) is 65.8 Å². The summed E-state index contributed by atoms with van der Waals surface area (Å²) in [5.74, 6) is 1.59. The topological polar surface area (TPSA) is 70.7 Å². The molecule has 2 aliphatic rings. The fourth-order valence-corrected chi connectivity index (χ4v) is 5.07. The molecule has 2 aromatic carbocycles. The second-order valence-electron chi connectivity index (χ2n) is 9.25. The molecular weight excluding hydrogens is 428 g/mol. The van der Waals surface area contributed by atoms with E-state index in [0.717, 1.165) is 67.8 Å². The first-order valence-electron chi connectivity index (χ1n) is 12.1. The maximum absolute atomic E-state index is 13.5. The Morgan fingerprint density at radius 1 is 1.09 bits per heavy atom. The number of H-pyrrole nitrogens is 1. The van der Waals surface area contributed by atoms with Crippen LogP contribution in [0, 0.1) is 0 Å². The highest BCUT2D eigenvalue weighted by Crippen LogP contribution is 2.36. The van der Waals surface area contributed by atoms with Crippen molar-refractivity contribution < 1.29 is 14.3 Å². The largest absolute Gasteiger partial charge is 0.496 e. The second-order valence-corrected chi connectivity index (χ2v) is 9.25. The molecule has 0 bridgehead atoms. The SMILES string of the molecule is COc1cc(C(=O)N2CCCC2c2cccc(OC3CCN(C)CC3)c2)ccc1-c1cn[nH]c1. The summed E-state index contributed by atoms with van der Waals surface area (Å²) < 4.78 is 11.9. The summed E-state index contributed by atoms with van der Waals surface area (Å²) in [6, 6.07) is 14.0. The van der Waals surface area contributed by atoms with E-state index < -0.39 is 0 Å². The highest BCUT2D eigenvalue weighted by Gasteiger charge is 2.31. The van der Waals surface area contributed by atoms with Crippen molar-refractivity contribution in [2.45, 2.75) is 37.8 Å². The first-order valence-corrected chi connectivity index (χ1v) is 12.1. The van der Waals surface area contributed by atoms with Gasteiger partial charge in [0.2, 0.25) is 0 Å². The lowest BCUT2D eigenvalue weighted by Crippen LogP contribution is -2.35. The molecule has 2 saturated heterocycles. The lowest BCUT2D eigenvalue weighted by molar-refractivity contribution is 0.0734. The van der Waals surface area contributed by atoms with Crippen molar-refractivity contribution in [2.75, 3.05) is 33.8 Å². The van der Waals surface area contributed by atoms with Gasteiger partial charge in [-0.25, -0.2) is 0 Å². The number of carbonyl (C=O) groups is 1. The molecule has 0 radical (unpaired) electrons. The van der Waals surface area contributed by atoms with Crippen molar-refractivity contribution in [3.8, 4) is 22.6 Å². The Bertz CT molecular complexity index is 1120. The Morgan fingerprint density at radius 2 is 1.94 bits per heavy atom. The fourth-order valence-electron chi connectivity index (χ4n) is 5.07. The van der Waals surface area contributed by atoms with Gasteiger partial charge >= 0.3 is 0 Å². The zero-order chi connectivity index (χ0) is 23.5. The van der Waals surface area contributed by atoms with E-state index >= 15 is 0 Å². The number of hydrogen-bond acceptors (Lipinski definition) is 5. The molecule has 1 aromatic heterocycles. The maximum atomic E-state index is 13.5. The second kappa shape index (κ2) is 9.89. The van der Waals surface area contributed by atoms with E-state index in [1.165, 1.54) is 0 Å². The molecule has 0 aliphatic carbocycles. The number of benzene rings is 2. The van der Waals surface area contributed by atoms with Gasteiger partial charge in [0.25, 0.3) is 5.91 Å². The van der Waals surface area contributed by atoms with E-state index in [2.05, 4.69) is 34.3 Å². The summed E-state index contributed by atoms with van der Waals surface area (Å²) >= 11 is 0. The van der Waals surface area contributed by atoms with Gasteiger partial charge in [-0.05, 0) is 68.6 Å². The van der Waals surface area contributed by atoms with Crippen molar-refractivity contribution in [3.63, 3.8) is 0 Å². The van der Waals surface area contributed by atoms with Crippen LogP contribution in [0.3, 0.4) is 0 Å². The van der Waals surface area contributed by atoms with Crippen molar-refractivity contribution in [3.05, 3.63) is 66.0 Å². The van der Waals surface area contributed by atoms with E-state index in [1.54, 1.807) is 13.3 Å². The standard InChI is InChI=1S/C27H32N4O3/c1-30-13-10-22(11-14-30)34-23-6-3-5-19(15-23)25-7-4-12-31(25)27(32)20-8-9-24(26(16-20)33-2)21-17-28-29-18-21/h3,5-6,8-9,15-18,22,25H,4,7,10-14H2,1-2H3,(H,28,29). The van der Waals surface area contributed by atoms with Crippen molar-refractivity contribution in [1.82, 2.24) is 20.0 Å². The number of nitrogens with one attached hydrogen (secondary N) is 1. The first kappa shape index (κ1) is 22.5. The molecule has 3 heterocycles. The van der Waals surface area contributed by atoms with Crippen molar-refractivity contribution in [2.24, 2.45) is 0 Å². The maximum Gasteiger partial charge on any atom is 0.254 e. The summed E-state index contributed by atoms with van der Waals surface area (Å²) in [7, 11) is 3.78. The summed E-state index contributed by atoms with van der Waals surface area (Å²) in [5, 5.41) is 6.84. The molecule has 1 unspecified atom stereocenters. The number of methoxy groups -OCH3 is 1. The smallest absolute Gasteiger partial charge is 0.254 e. The third kappa shape index (κ3) is 4.66. The number of likely N-dealkylation sites (tertiary alicyclic amines) is 2. The number of rotatable bonds is 6. The molecule has 1 atom stereocenters. The Balaban J connectivity index is 1.33. The first-order chi connectivity index (χ1) is 16.6. The zero-order valence-corrected chi connectivity index (χ0v) is 19.9. The third-order valence-corrected chi connectivity index (χ3v) is 6.98. The molecule has 7 nitrogen and oxygen atoms in total. The number of ether oxygens (including phenoxy) is 2. The highest BCUT2D eigenvalue weighted by molar-refractivity contribution is 5.96. The summed E-state index contributed by atoms with van der Waals surface area (Å²) in [6.07, 6.45) is 7.85. The number of piperidine rings is 1. The minimum Gasteiger partial charge on any atom is -0.496 e. The van der Waals surface area contributed by atoms with Gasteiger partial charge in [0, 0.05) is 42.5 Å². The van der Waals surface area contributed by atoms with E-state index in [9.17, 15) is 4.79 Å². The number of aromatic nitrogens is 2. The number of hydrogen-bond donors (Lipinski definition) is 1. The minimum atomic E-state index is 0.0289. The molecule has 1 amide bonds. The van der Waals surface area contributed by atoms with Crippen LogP contribution in [0.4, 0.5) is 0 Å². The Hall–Kier alpha value is -3.32. The van der Waals surface area contributed by atoms with Crippen molar-refractivity contribution >= 4 is 5.91 Å². The van der Waals surface area contributed by atoms with Gasteiger partial charge in [-0.1, -0.05) is 12.1 Å². The Kier molecular flexibility index (Phi) is 6.54. The molecule has 3 aromatic rings. The van der Waals surface area contributed by atoms with Gasteiger partial charge < -0.3 is 19.3 Å². The monoisotopic (exact) mass is 460 g/mol. The highest BCUT2D eigenvalue weighted by atomic mass is 16.5. The van der Waals surface area contributed by atoms with E-state index in [-0.39, 0.29) is 18.1 Å². The lowest BCUT2D eigenvalue weighted by Gasteiger charge is -2.30. The van der Waals surface area contributed by atoms with Gasteiger partial charge in [0.1, 0.15) is 17.6 Å². The van der Waals surface area contributed by atoms with Crippen LogP contribution in [0.2, 0.25) is 0 Å². The summed E-state index contributed by atoms with van der Waals surface area (Å²) in [6.45, 7) is 2.88. The van der Waals surface area contributed by atoms with Gasteiger partial charge in [0.05, 0.1) is 19.3 Å². The molecule has 2 aliphatic heterocycles. The van der Waals surface area contributed by atoms with Crippen LogP contribution in [-0.2, 0) is 0 Å². The Morgan fingerprint density at radius 3 is 2.71 bits per heavy atom. The predicted octanol–water partition coefficient (Wildman–Crippen LogP) is 4.54. The average Bonchev–Trinajstić information content (AvgIpc) is 3.57. The van der Waals surface area contributed by atoms with Crippen LogP contribution in [0.15, 0.2) is 54.9 Å². The lowest BCUT2D eigenvalue weighted by atomic mass is 10.0. The van der Waals surface area contributed by atoms with Crippen LogP contribution >= 0.6 is 0 Å².